The second-order valence-corrected chi connectivity index (χ2v) is 16.6. The molecule has 0 unspecified atom stereocenters. The van der Waals surface area contributed by atoms with Gasteiger partial charge in [-0.05, 0) is 122 Å². The predicted molar refractivity (Wildman–Crippen MR) is 213 cm³/mol. The molecule has 3 aliphatic heterocycles. The van der Waals surface area contributed by atoms with E-state index in [-0.39, 0.29) is 35.8 Å². The minimum atomic E-state index is -0.624. The van der Waals surface area contributed by atoms with Gasteiger partial charge in [-0.3, -0.25) is 14.4 Å². The number of piperidine rings is 2. The summed E-state index contributed by atoms with van der Waals surface area (Å²) in [6, 6.07) is 15.1. The first-order chi connectivity index (χ1) is 25.9. The molecule has 0 atom stereocenters. The fourth-order valence-electron chi connectivity index (χ4n) is 9.26. The number of hydrogen-bond donors (Lipinski definition) is 2. The van der Waals surface area contributed by atoms with Crippen LogP contribution in [0.4, 0.5) is 17.2 Å². The number of pyridine rings is 1. The van der Waals surface area contributed by atoms with Crippen LogP contribution in [0.5, 0.6) is 0 Å². The van der Waals surface area contributed by atoms with Crippen LogP contribution in [-0.4, -0.2) is 86.4 Å². The van der Waals surface area contributed by atoms with Crippen molar-refractivity contribution in [3.05, 3.63) is 65.5 Å². The van der Waals surface area contributed by atoms with Gasteiger partial charge < -0.3 is 29.9 Å². The Morgan fingerprint density at radius 3 is 2.33 bits per heavy atom. The van der Waals surface area contributed by atoms with Gasteiger partial charge in [0.25, 0.3) is 5.91 Å². The Morgan fingerprint density at radius 1 is 0.907 bits per heavy atom. The highest BCUT2D eigenvalue weighted by atomic mass is 16.2. The number of amides is 3. The second-order valence-electron chi connectivity index (χ2n) is 16.6. The first kappa shape index (κ1) is 36.2. The first-order valence-corrected chi connectivity index (χ1v) is 20.0. The number of nitrogens with one attached hydrogen (secondary N) is 2. The number of anilines is 3. The summed E-state index contributed by atoms with van der Waals surface area (Å²) in [7, 11) is 0. The van der Waals surface area contributed by atoms with Crippen LogP contribution in [0.25, 0.3) is 22.3 Å². The fraction of sp³-hybridized carbons (Fsp3) is 0.512. The van der Waals surface area contributed by atoms with Gasteiger partial charge in [0.2, 0.25) is 11.8 Å². The molecule has 1 aliphatic carbocycles. The average molecular weight is 731 g/mol. The lowest BCUT2D eigenvalue weighted by Gasteiger charge is -2.48. The maximum Gasteiger partial charge on any atom is 0.251 e. The van der Waals surface area contributed by atoms with E-state index in [1.807, 2.05) is 56.3 Å². The van der Waals surface area contributed by atoms with Crippen molar-refractivity contribution in [1.82, 2.24) is 29.7 Å². The smallest absolute Gasteiger partial charge is 0.251 e. The number of aromatic nitrogens is 3. The highest BCUT2D eigenvalue weighted by molar-refractivity contribution is 6.09. The number of carbonyl (C=O) groups excluding carboxylic acids is 3. The molecule has 2 aromatic carbocycles. The molecule has 8 rings (SSSR count). The van der Waals surface area contributed by atoms with Crippen LogP contribution in [-0.2, 0) is 15.0 Å². The van der Waals surface area contributed by atoms with Crippen molar-refractivity contribution in [1.29, 1.82) is 0 Å². The zero-order valence-corrected chi connectivity index (χ0v) is 32.6. The van der Waals surface area contributed by atoms with Crippen LogP contribution in [0.1, 0.15) is 107 Å². The van der Waals surface area contributed by atoms with Crippen molar-refractivity contribution in [3.63, 3.8) is 0 Å². The standard InChI is InChI=1S/C43H54N8O3/c1-26(2)45-41(53)34-21-31(12-10-28(34)5)46-40-39-37(44-25-50(39)27(3)4)24-36(47-40)30-11-13-35-38(20-30)51(33-22-32(23-33)49-16-8-7-9-17-49)42(54)43(35)14-18-48(19-15-43)29(6)52/h10-13,20-21,24-27,32-33H,7-9,14-19,22-23H2,1-6H3,(H,45,53)(H,46,47)/t32-,33+. The number of fused-ring (bicyclic) bond motifs is 3. The van der Waals surface area contributed by atoms with Gasteiger partial charge in [-0.2, -0.15) is 0 Å². The van der Waals surface area contributed by atoms with E-state index in [0.717, 1.165) is 70.7 Å². The summed E-state index contributed by atoms with van der Waals surface area (Å²) in [5.74, 6) is 0.800. The van der Waals surface area contributed by atoms with Gasteiger partial charge >= 0.3 is 0 Å². The number of benzene rings is 2. The largest absolute Gasteiger partial charge is 0.350 e. The maximum atomic E-state index is 14.8. The lowest BCUT2D eigenvalue weighted by Crippen LogP contribution is -2.58. The molecule has 54 heavy (non-hydrogen) atoms. The van der Waals surface area contributed by atoms with E-state index < -0.39 is 5.41 Å². The number of hydrogen-bond acceptors (Lipinski definition) is 7. The summed E-state index contributed by atoms with van der Waals surface area (Å²) in [6.45, 7) is 15.2. The van der Waals surface area contributed by atoms with Crippen molar-refractivity contribution >= 4 is 45.9 Å². The molecule has 0 radical (unpaired) electrons. The third-order valence-corrected chi connectivity index (χ3v) is 12.4. The van der Waals surface area contributed by atoms with E-state index in [0.29, 0.717) is 43.4 Å². The molecular formula is C43H54N8O3. The number of carbonyl (C=O) groups is 3. The third-order valence-electron chi connectivity index (χ3n) is 12.4. The molecule has 2 N–H and O–H groups in total. The number of nitrogens with zero attached hydrogens (tertiary/aromatic N) is 6. The van der Waals surface area contributed by atoms with Gasteiger partial charge in [0.1, 0.15) is 5.52 Å². The summed E-state index contributed by atoms with van der Waals surface area (Å²) in [5.41, 5.74) is 7.08. The van der Waals surface area contributed by atoms with Crippen LogP contribution in [0.3, 0.4) is 0 Å². The van der Waals surface area contributed by atoms with Crippen molar-refractivity contribution < 1.29 is 14.4 Å². The van der Waals surface area contributed by atoms with Crippen LogP contribution in [0, 0.1) is 6.92 Å². The minimum absolute atomic E-state index is 0.0223. The summed E-state index contributed by atoms with van der Waals surface area (Å²) < 4.78 is 2.12. The SMILES string of the molecule is CC(=O)N1CCC2(CC1)C(=O)N([C@H]1C[C@@H](N3CCCCC3)C1)c1cc(-c3cc4ncn(C(C)C)c4c(Nc4ccc(C)c(C(=O)NC(C)C)c4)n3)ccc12. The molecule has 0 bridgehead atoms. The lowest BCUT2D eigenvalue weighted by molar-refractivity contribution is -0.134. The summed E-state index contributed by atoms with van der Waals surface area (Å²) >= 11 is 0. The fourth-order valence-corrected chi connectivity index (χ4v) is 9.26. The number of aryl methyl sites for hydroxylation is 1. The van der Waals surface area contributed by atoms with E-state index in [4.69, 9.17) is 9.97 Å². The molecule has 1 saturated carbocycles. The van der Waals surface area contributed by atoms with E-state index in [2.05, 4.69) is 57.0 Å². The monoisotopic (exact) mass is 730 g/mol. The van der Waals surface area contributed by atoms with E-state index in [1.165, 1.54) is 19.3 Å². The summed E-state index contributed by atoms with van der Waals surface area (Å²) in [5, 5.41) is 6.58. The Bertz CT molecular complexity index is 2100. The highest BCUT2D eigenvalue weighted by Gasteiger charge is 2.55. The van der Waals surface area contributed by atoms with Gasteiger partial charge in [0.15, 0.2) is 5.82 Å². The minimum Gasteiger partial charge on any atom is -0.350 e. The Hall–Kier alpha value is -4.77. The molecule has 11 nitrogen and oxygen atoms in total. The first-order valence-electron chi connectivity index (χ1n) is 20.0. The van der Waals surface area contributed by atoms with Gasteiger partial charge in [-0.1, -0.05) is 24.6 Å². The van der Waals surface area contributed by atoms with E-state index in [9.17, 15) is 14.4 Å². The van der Waals surface area contributed by atoms with E-state index >= 15 is 0 Å². The normalized spacial score (nSPS) is 21.2. The Balaban J connectivity index is 1.18. The summed E-state index contributed by atoms with van der Waals surface area (Å²) in [6.07, 6.45) is 8.93. The van der Waals surface area contributed by atoms with Gasteiger partial charge in [0, 0.05) is 66.7 Å². The summed E-state index contributed by atoms with van der Waals surface area (Å²) in [4.78, 5) is 56.9. The molecule has 1 spiro atoms. The van der Waals surface area contributed by atoms with Crippen molar-refractivity contribution in [3.8, 4) is 11.3 Å². The molecule has 4 aliphatic rings. The molecule has 2 saturated heterocycles. The number of rotatable bonds is 8. The molecule has 5 heterocycles. The third kappa shape index (κ3) is 6.33. The number of imidazole rings is 1. The van der Waals surface area contributed by atoms with Crippen LogP contribution in [0.2, 0.25) is 0 Å². The lowest BCUT2D eigenvalue weighted by atomic mass is 9.73. The molecule has 11 heteroatoms. The zero-order chi connectivity index (χ0) is 37.9. The van der Waals surface area contributed by atoms with Crippen molar-refractivity contribution in [2.45, 2.75) is 116 Å². The van der Waals surface area contributed by atoms with Crippen LogP contribution in [0.15, 0.2) is 48.8 Å². The molecule has 3 fully saturated rings. The second kappa shape index (κ2) is 14.1. The molecular weight excluding hydrogens is 677 g/mol. The number of likely N-dealkylation sites (tertiary alicyclic amines) is 2. The Labute approximate surface area is 318 Å². The van der Waals surface area contributed by atoms with E-state index in [1.54, 1.807) is 6.92 Å². The Kier molecular flexibility index (Phi) is 9.48. The highest BCUT2D eigenvalue weighted by Crippen LogP contribution is 2.52. The topological polar surface area (TPSA) is 116 Å². The Morgan fingerprint density at radius 2 is 1.65 bits per heavy atom. The van der Waals surface area contributed by atoms with Crippen LogP contribution >= 0.6 is 0 Å². The molecule has 2 aromatic heterocycles. The van der Waals surface area contributed by atoms with Gasteiger partial charge in [0.05, 0.1) is 23.0 Å². The molecule has 4 aromatic rings. The predicted octanol–water partition coefficient (Wildman–Crippen LogP) is 7.11. The van der Waals surface area contributed by atoms with Gasteiger partial charge in [-0.15, -0.1) is 0 Å². The zero-order valence-electron chi connectivity index (χ0n) is 32.6. The van der Waals surface area contributed by atoms with Crippen LogP contribution < -0.4 is 15.5 Å². The quantitative estimate of drug-likeness (QED) is 0.199. The average Bonchev–Trinajstić information content (AvgIpc) is 3.66. The van der Waals surface area contributed by atoms with Crippen molar-refractivity contribution in [2.75, 3.05) is 36.4 Å². The molecule has 284 valence electrons. The van der Waals surface area contributed by atoms with Crippen molar-refractivity contribution in [2.24, 2.45) is 0 Å². The molecule has 3 amide bonds. The van der Waals surface area contributed by atoms with Gasteiger partial charge in [-0.25, -0.2) is 9.97 Å². The maximum absolute atomic E-state index is 14.8.